The van der Waals surface area contributed by atoms with Crippen LogP contribution in [0.1, 0.15) is 19.4 Å². The van der Waals surface area contributed by atoms with Gasteiger partial charge in [0.15, 0.2) is 0 Å². The Hall–Kier alpha value is -1.56. The fourth-order valence-corrected chi connectivity index (χ4v) is 2.28. The van der Waals surface area contributed by atoms with Crippen molar-refractivity contribution < 1.29 is 9.72 Å². The Morgan fingerprint density at radius 3 is 2.65 bits per heavy atom. The van der Waals surface area contributed by atoms with Crippen molar-refractivity contribution in [1.29, 1.82) is 0 Å². The van der Waals surface area contributed by atoms with Crippen molar-refractivity contribution in [3.63, 3.8) is 0 Å². The Morgan fingerprint density at radius 1 is 1.53 bits per heavy atom. The molecule has 6 heteroatoms. The smallest absolute Gasteiger partial charge is 0.283 e. The van der Waals surface area contributed by atoms with Gasteiger partial charge >= 0.3 is 0 Å². The number of amides is 1. The van der Waals surface area contributed by atoms with Gasteiger partial charge in [-0.2, -0.15) is 0 Å². The molecule has 0 aliphatic carbocycles. The third kappa shape index (κ3) is 4.07. The van der Waals surface area contributed by atoms with Crippen molar-refractivity contribution in [2.45, 2.75) is 30.4 Å². The summed E-state index contributed by atoms with van der Waals surface area (Å²) < 4.78 is 0. The number of nitrogens with two attached hydrogens (primary N) is 1. The number of rotatable bonds is 5. The molecule has 5 nitrogen and oxygen atoms in total. The number of hydrogen-bond donors (Lipinski definition) is 1. The van der Waals surface area contributed by atoms with Crippen LogP contribution < -0.4 is 5.73 Å². The number of hydrogen-bond acceptors (Lipinski definition) is 4. The number of nitro benzene ring substituents is 1. The van der Waals surface area contributed by atoms with Crippen molar-refractivity contribution in [2.75, 3.05) is 0 Å². The first-order valence-electron chi connectivity index (χ1n) is 5.12. The Labute approximate surface area is 104 Å². The van der Waals surface area contributed by atoms with E-state index in [9.17, 15) is 14.9 Å². The number of carbonyl (C=O) groups is 1. The van der Waals surface area contributed by atoms with Gasteiger partial charge in [0.2, 0.25) is 5.91 Å². The lowest BCUT2D eigenvalue weighted by Gasteiger charge is -2.07. The summed E-state index contributed by atoms with van der Waals surface area (Å²) >= 11 is 1.42. The van der Waals surface area contributed by atoms with Gasteiger partial charge in [-0.25, -0.2) is 0 Å². The van der Waals surface area contributed by atoms with Gasteiger partial charge < -0.3 is 5.73 Å². The van der Waals surface area contributed by atoms with Crippen LogP contribution in [0.25, 0.3) is 0 Å². The van der Waals surface area contributed by atoms with E-state index < -0.39 is 10.8 Å². The van der Waals surface area contributed by atoms with Crippen LogP contribution in [-0.4, -0.2) is 16.1 Å². The van der Waals surface area contributed by atoms with E-state index in [-0.39, 0.29) is 17.4 Å². The van der Waals surface area contributed by atoms with Gasteiger partial charge in [-0.3, -0.25) is 14.9 Å². The highest BCUT2D eigenvalue weighted by Gasteiger charge is 2.16. The molecule has 0 heterocycles. The highest BCUT2D eigenvalue weighted by molar-refractivity contribution is 8.00. The lowest BCUT2D eigenvalue weighted by molar-refractivity contribution is -0.387. The lowest BCUT2D eigenvalue weighted by Crippen LogP contribution is -2.13. The topological polar surface area (TPSA) is 86.2 Å². The number of thioether (sulfide) groups is 1. The minimum Gasteiger partial charge on any atom is -0.369 e. The molecule has 1 rings (SSSR count). The SMILES string of the molecule is CC(C)Sc1ccc(CC(N)=O)cc1[N+](=O)[O-]. The molecule has 1 amide bonds. The molecular weight excluding hydrogens is 240 g/mol. The molecule has 0 fully saturated rings. The molecule has 1 aromatic carbocycles. The summed E-state index contributed by atoms with van der Waals surface area (Å²) in [5, 5.41) is 11.2. The predicted octanol–water partition coefficient (Wildman–Crippen LogP) is 2.12. The molecule has 0 saturated heterocycles. The molecule has 17 heavy (non-hydrogen) atoms. The monoisotopic (exact) mass is 254 g/mol. The molecule has 1 aromatic rings. The van der Waals surface area contributed by atoms with E-state index >= 15 is 0 Å². The lowest BCUT2D eigenvalue weighted by atomic mass is 10.1. The summed E-state index contributed by atoms with van der Waals surface area (Å²) in [4.78, 5) is 21.9. The molecule has 0 unspecified atom stereocenters. The van der Waals surface area contributed by atoms with Crippen LogP contribution in [0.3, 0.4) is 0 Å². The second kappa shape index (κ2) is 5.67. The van der Waals surface area contributed by atoms with E-state index in [1.165, 1.54) is 17.8 Å². The van der Waals surface area contributed by atoms with E-state index in [1.807, 2.05) is 13.8 Å². The normalized spacial score (nSPS) is 10.5. The molecule has 0 radical (unpaired) electrons. The third-order valence-corrected chi connectivity index (χ3v) is 3.03. The number of nitrogens with zero attached hydrogens (tertiary/aromatic N) is 1. The zero-order chi connectivity index (χ0) is 13.0. The summed E-state index contributed by atoms with van der Waals surface area (Å²) in [7, 11) is 0. The van der Waals surface area contributed by atoms with Crippen molar-refractivity contribution in [3.05, 3.63) is 33.9 Å². The van der Waals surface area contributed by atoms with E-state index in [0.29, 0.717) is 10.5 Å². The second-order valence-corrected chi connectivity index (χ2v) is 5.49. The first-order valence-corrected chi connectivity index (χ1v) is 6.00. The van der Waals surface area contributed by atoms with Crippen LogP contribution in [0.2, 0.25) is 0 Å². The Kier molecular flexibility index (Phi) is 4.51. The molecule has 2 N–H and O–H groups in total. The summed E-state index contributed by atoms with van der Waals surface area (Å²) in [6, 6.07) is 4.78. The van der Waals surface area contributed by atoms with Gasteiger partial charge in [0, 0.05) is 11.3 Å². The Bertz CT molecular complexity index is 446. The van der Waals surface area contributed by atoms with Gasteiger partial charge in [0.25, 0.3) is 5.69 Å². The number of benzene rings is 1. The average Bonchev–Trinajstić information content (AvgIpc) is 2.18. The number of carbonyl (C=O) groups excluding carboxylic acids is 1. The number of primary amides is 1. The molecule has 0 saturated carbocycles. The second-order valence-electron chi connectivity index (χ2n) is 3.87. The fourth-order valence-electron chi connectivity index (χ4n) is 1.37. The zero-order valence-corrected chi connectivity index (χ0v) is 10.5. The highest BCUT2D eigenvalue weighted by atomic mass is 32.2. The summed E-state index contributed by atoms with van der Waals surface area (Å²) in [5.41, 5.74) is 5.65. The molecule has 0 spiro atoms. The maximum Gasteiger partial charge on any atom is 0.283 e. The minimum absolute atomic E-state index is 0.0213. The third-order valence-electron chi connectivity index (χ3n) is 1.96. The minimum atomic E-state index is -0.497. The van der Waals surface area contributed by atoms with Crippen molar-refractivity contribution in [2.24, 2.45) is 5.73 Å². The highest BCUT2D eigenvalue weighted by Crippen LogP contribution is 2.32. The van der Waals surface area contributed by atoms with E-state index in [0.717, 1.165) is 0 Å². The summed E-state index contributed by atoms with van der Waals surface area (Å²) in [5.74, 6) is -0.497. The van der Waals surface area contributed by atoms with E-state index in [1.54, 1.807) is 12.1 Å². The summed E-state index contributed by atoms with van der Waals surface area (Å²) in [6.07, 6.45) is 0.0213. The molecule has 92 valence electrons. The molecule has 0 aromatic heterocycles. The molecular formula is C11H14N2O3S. The molecule has 0 atom stereocenters. The summed E-state index contributed by atoms with van der Waals surface area (Å²) in [6.45, 7) is 3.93. The van der Waals surface area contributed by atoms with E-state index in [4.69, 9.17) is 5.73 Å². The maximum atomic E-state index is 10.9. The van der Waals surface area contributed by atoms with Crippen LogP contribution in [-0.2, 0) is 11.2 Å². The van der Waals surface area contributed by atoms with Gasteiger partial charge in [0.1, 0.15) is 0 Å². The van der Waals surface area contributed by atoms with Gasteiger partial charge in [-0.1, -0.05) is 19.9 Å². The zero-order valence-electron chi connectivity index (χ0n) is 9.67. The molecule has 0 aliphatic heterocycles. The van der Waals surface area contributed by atoms with Crippen LogP contribution in [0.15, 0.2) is 23.1 Å². The first-order chi connectivity index (χ1) is 7.90. The maximum absolute atomic E-state index is 10.9. The number of nitro groups is 1. The fraction of sp³-hybridized carbons (Fsp3) is 0.364. The van der Waals surface area contributed by atoms with Crippen LogP contribution >= 0.6 is 11.8 Å². The van der Waals surface area contributed by atoms with Crippen LogP contribution in [0.4, 0.5) is 5.69 Å². The standard InChI is InChI=1S/C11H14N2O3S/c1-7(2)17-10-4-3-8(6-11(12)14)5-9(10)13(15)16/h3-5,7H,6H2,1-2H3,(H2,12,14). The quantitative estimate of drug-likeness (QED) is 0.495. The van der Waals surface area contributed by atoms with Gasteiger partial charge in [-0.15, -0.1) is 11.8 Å². The first kappa shape index (κ1) is 13.5. The van der Waals surface area contributed by atoms with E-state index in [2.05, 4.69) is 0 Å². The van der Waals surface area contributed by atoms with Crippen molar-refractivity contribution in [3.8, 4) is 0 Å². The van der Waals surface area contributed by atoms with Crippen LogP contribution in [0.5, 0.6) is 0 Å². The van der Waals surface area contributed by atoms with Crippen molar-refractivity contribution >= 4 is 23.4 Å². The molecule has 0 aliphatic rings. The Morgan fingerprint density at radius 2 is 2.18 bits per heavy atom. The predicted molar refractivity (Wildman–Crippen MR) is 67.0 cm³/mol. The van der Waals surface area contributed by atoms with Crippen LogP contribution in [0, 0.1) is 10.1 Å². The molecule has 0 bridgehead atoms. The van der Waals surface area contributed by atoms with Gasteiger partial charge in [-0.05, 0) is 11.6 Å². The largest absolute Gasteiger partial charge is 0.369 e. The van der Waals surface area contributed by atoms with Gasteiger partial charge in [0.05, 0.1) is 16.2 Å². The Balaban J connectivity index is 3.08. The van der Waals surface area contributed by atoms with Crippen molar-refractivity contribution in [1.82, 2.24) is 0 Å². The average molecular weight is 254 g/mol.